The molecule has 0 radical (unpaired) electrons. The number of rotatable bonds is 9. The van der Waals surface area contributed by atoms with E-state index in [0.29, 0.717) is 36.6 Å². The maximum atomic E-state index is 13.3. The Kier molecular flexibility index (Phi) is 7.33. The van der Waals surface area contributed by atoms with Crippen LogP contribution in [0.4, 0.5) is 5.69 Å². The van der Waals surface area contributed by atoms with Crippen molar-refractivity contribution in [3.05, 3.63) is 42.0 Å². The number of nitrogens with zero attached hydrogens (tertiary/aromatic N) is 3. The minimum atomic E-state index is -0.652. The van der Waals surface area contributed by atoms with E-state index in [2.05, 4.69) is 28.7 Å². The number of nitrogens with two attached hydrogens (primary N) is 1. The summed E-state index contributed by atoms with van der Waals surface area (Å²) in [7, 11) is 0. The Hall–Kier alpha value is -2.87. The number of aromatic nitrogens is 2. The number of carbonyl (C=O) groups excluding carboxylic acids is 1. The lowest BCUT2D eigenvalue weighted by molar-refractivity contribution is -0.126. The highest BCUT2D eigenvalue weighted by molar-refractivity contribution is 6.00. The van der Waals surface area contributed by atoms with Gasteiger partial charge in [0.2, 0.25) is 0 Å². The normalized spacial score (nSPS) is 23.3. The Morgan fingerprint density at radius 3 is 2.64 bits per heavy atom. The number of para-hydroxylation sites is 2. The molecule has 0 bridgehead atoms. The number of unbranched alkanes of at least 4 members (excludes halogenated alkanes) is 2. The van der Waals surface area contributed by atoms with Gasteiger partial charge in [-0.25, -0.2) is 4.98 Å². The van der Waals surface area contributed by atoms with E-state index in [1.165, 1.54) is 25.5 Å². The number of ether oxygens (including phenoxy) is 1. The van der Waals surface area contributed by atoms with Gasteiger partial charge < -0.3 is 20.4 Å². The summed E-state index contributed by atoms with van der Waals surface area (Å²) < 4.78 is 6.04. The molecule has 4 N–H and O–H groups in total. The van der Waals surface area contributed by atoms with Crippen LogP contribution in [0.2, 0.25) is 0 Å². The van der Waals surface area contributed by atoms with Crippen LogP contribution in [-0.4, -0.2) is 57.9 Å². The highest BCUT2D eigenvalue weighted by Gasteiger charge is 2.34. The first kappa shape index (κ1) is 23.3. The molecule has 2 aliphatic heterocycles. The van der Waals surface area contributed by atoms with E-state index < -0.39 is 6.10 Å². The van der Waals surface area contributed by atoms with Crippen molar-refractivity contribution in [2.75, 3.05) is 18.0 Å². The lowest BCUT2D eigenvalue weighted by Gasteiger charge is -2.39. The molecular formula is C25H36N6O2. The van der Waals surface area contributed by atoms with Gasteiger partial charge in [0.15, 0.2) is 6.10 Å². The van der Waals surface area contributed by atoms with E-state index >= 15 is 0 Å². The summed E-state index contributed by atoms with van der Waals surface area (Å²) in [4.78, 5) is 25.1. The van der Waals surface area contributed by atoms with Gasteiger partial charge in [0.1, 0.15) is 23.1 Å². The van der Waals surface area contributed by atoms with Gasteiger partial charge >= 0.3 is 0 Å². The van der Waals surface area contributed by atoms with Crippen molar-refractivity contribution in [3.63, 3.8) is 0 Å². The van der Waals surface area contributed by atoms with E-state index in [-0.39, 0.29) is 11.7 Å². The van der Waals surface area contributed by atoms with Crippen molar-refractivity contribution in [1.29, 1.82) is 5.41 Å². The van der Waals surface area contributed by atoms with Crippen LogP contribution >= 0.6 is 0 Å². The van der Waals surface area contributed by atoms with E-state index in [0.717, 1.165) is 37.2 Å². The number of hydrogen-bond acceptors (Lipinski definition) is 5. The van der Waals surface area contributed by atoms with Crippen molar-refractivity contribution in [3.8, 4) is 5.75 Å². The van der Waals surface area contributed by atoms with Gasteiger partial charge in [-0.1, -0.05) is 25.0 Å². The number of amides is 1. The second kappa shape index (κ2) is 10.4. The van der Waals surface area contributed by atoms with Gasteiger partial charge in [0.05, 0.1) is 18.3 Å². The predicted octanol–water partition coefficient (Wildman–Crippen LogP) is 3.46. The number of imidazole rings is 1. The number of piperidine rings is 1. The molecule has 1 saturated heterocycles. The maximum absolute atomic E-state index is 13.3. The molecule has 1 amide bonds. The van der Waals surface area contributed by atoms with Crippen LogP contribution in [0.1, 0.15) is 63.9 Å². The second-order valence-electron chi connectivity index (χ2n) is 9.35. The summed E-state index contributed by atoms with van der Waals surface area (Å²) in [5.74, 6) is 1.18. The van der Waals surface area contributed by atoms with Gasteiger partial charge in [-0.15, -0.1) is 0 Å². The van der Waals surface area contributed by atoms with E-state index in [9.17, 15) is 4.79 Å². The zero-order chi connectivity index (χ0) is 23.4. The van der Waals surface area contributed by atoms with Crippen molar-refractivity contribution in [2.45, 2.75) is 77.0 Å². The first-order valence-electron chi connectivity index (χ1n) is 12.1. The molecular weight excluding hydrogens is 416 g/mol. The number of carbonyl (C=O) groups is 1. The van der Waals surface area contributed by atoms with Crippen molar-refractivity contribution >= 4 is 17.4 Å². The van der Waals surface area contributed by atoms with Gasteiger partial charge in [0.25, 0.3) is 5.91 Å². The number of fused-ring (bicyclic) bond motifs is 1. The summed E-state index contributed by atoms with van der Waals surface area (Å²) >= 11 is 0. The Bertz CT molecular complexity index is 963. The van der Waals surface area contributed by atoms with Gasteiger partial charge in [-0.2, -0.15) is 0 Å². The number of nitrogen functional groups attached to an aromatic ring is 1. The third-order valence-electron chi connectivity index (χ3n) is 6.94. The molecule has 3 atom stereocenters. The summed E-state index contributed by atoms with van der Waals surface area (Å²) in [6, 6.07) is 9.06. The zero-order valence-corrected chi connectivity index (χ0v) is 19.7. The quantitative estimate of drug-likeness (QED) is 0.306. The van der Waals surface area contributed by atoms with Crippen LogP contribution in [0, 0.1) is 5.41 Å². The number of likely N-dealkylation sites (tertiary alicyclic amines) is 1. The smallest absolute Gasteiger partial charge is 0.268 e. The molecule has 8 heteroatoms. The van der Waals surface area contributed by atoms with Gasteiger partial charge in [0, 0.05) is 18.6 Å². The number of anilines is 1. The largest absolute Gasteiger partial charge is 0.478 e. The Labute approximate surface area is 196 Å². The molecule has 0 spiro atoms. The summed E-state index contributed by atoms with van der Waals surface area (Å²) in [6.45, 7) is 6.50. The highest BCUT2D eigenvalue weighted by Crippen LogP contribution is 2.34. The lowest BCUT2D eigenvalue weighted by Crippen LogP contribution is -2.47. The van der Waals surface area contributed by atoms with Crippen LogP contribution in [0.15, 0.2) is 30.5 Å². The molecule has 3 heterocycles. The number of benzene rings is 1. The molecule has 33 heavy (non-hydrogen) atoms. The fraction of sp³-hybridized carbons (Fsp3) is 0.560. The maximum Gasteiger partial charge on any atom is 0.268 e. The molecule has 1 aromatic carbocycles. The first-order valence-corrected chi connectivity index (χ1v) is 12.1. The molecule has 2 aliphatic rings. The number of H-pyrrole nitrogens is 1. The number of nitrogens with one attached hydrogen (secondary N) is 2. The van der Waals surface area contributed by atoms with E-state index in [1.54, 1.807) is 0 Å². The van der Waals surface area contributed by atoms with Crippen LogP contribution in [0.25, 0.3) is 0 Å². The van der Waals surface area contributed by atoms with Crippen molar-refractivity contribution < 1.29 is 9.53 Å². The van der Waals surface area contributed by atoms with Crippen molar-refractivity contribution in [2.24, 2.45) is 5.73 Å². The monoisotopic (exact) mass is 452 g/mol. The van der Waals surface area contributed by atoms with Crippen LogP contribution in [0.5, 0.6) is 5.75 Å². The fourth-order valence-corrected chi connectivity index (χ4v) is 5.07. The molecule has 4 rings (SSSR count). The van der Waals surface area contributed by atoms with E-state index in [1.807, 2.05) is 29.2 Å². The van der Waals surface area contributed by atoms with E-state index in [4.69, 9.17) is 15.9 Å². The molecule has 1 aromatic heterocycles. The third-order valence-corrected chi connectivity index (χ3v) is 6.94. The third kappa shape index (κ3) is 5.38. The minimum Gasteiger partial charge on any atom is -0.478 e. The molecule has 178 valence electrons. The minimum absolute atomic E-state index is 0.0484. The molecule has 0 saturated carbocycles. The second-order valence-corrected chi connectivity index (χ2v) is 9.35. The number of hydrogen-bond donors (Lipinski definition) is 3. The fourth-order valence-electron chi connectivity index (χ4n) is 5.07. The summed E-state index contributed by atoms with van der Waals surface area (Å²) in [5.41, 5.74) is 6.80. The Morgan fingerprint density at radius 2 is 1.91 bits per heavy atom. The average Bonchev–Trinajstić information content (AvgIpc) is 3.26. The number of amidine groups is 1. The molecule has 1 fully saturated rings. The average molecular weight is 453 g/mol. The van der Waals surface area contributed by atoms with Gasteiger partial charge in [-0.05, 0) is 58.2 Å². The lowest BCUT2D eigenvalue weighted by atomic mass is 9.97. The highest BCUT2D eigenvalue weighted by atomic mass is 16.5. The summed E-state index contributed by atoms with van der Waals surface area (Å²) in [6.07, 6.45) is 8.31. The number of aromatic amines is 1. The SMILES string of the molecule is C[C@@H]1CCC[C@H](C)N1CCCCCN1C(=O)C(Cc2ncc(C(=N)N)[nH]2)Oc2ccccc21. The van der Waals surface area contributed by atoms with Crippen LogP contribution < -0.4 is 15.4 Å². The predicted molar refractivity (Wildman–Crippen MR) is 130 cm³/mol. The topological polar surface area (TPSA) is 111 Å². The van der Waals surface area contributed by atoms with Crippen molar-refractivity contribution in [1.82, 2.24) is 14.9 Å². The Morgan fingerprint density at radius 1 is 1.18 bits per heavy atom. The standard InChI is InChI=1S/C25H36N6O2/c1-17-9-8-10-18(2)30(17)13-6-3-7-14-31-20-11-4-5-12-21(20)33-22(25(31)32)15-23-28-16-19(29-23)24(26)27/h4-5,11-12,16-18,22H,3,6-10,13-15H2,1-2H3,(H3,26,27)(H,28,29)/t17-,18+,22?. The summed E-state index contributed by atoms with van der Waals surface area (Å²) in [5, 5.41) is 7.53. The molecule has 0 aliphatic carbocycles. The Balaban J connectivity index is 1.35. The molecule has 2 aromatic rings. The first-order chi connectivity index (χ1) is 15.9. The van der Waals surface area contributed by atoms with Crippen LogP contribution in [0.3, 0.4) is 0 Å². The van der Waals surface area contributed by atoms with Gasteiger partial charge in [-0.3, -0.25) is 15.1 Å². The molecule has 1 unspecified atom stereocenters. The molecule has 8 nitrogen and oxygen atoms in total. The zero-order valence-electron chi connectivity index (χ0n) is 19.7. The van der Waals surface area contributed by atoms with Crippen LogP contribution in [-0.2, 0) is 11.2 Å².